The number of aliphatic hydroxyl groups is 1. The molecule has 2 aromatic carbocycles. The molecule has 0 spiro atoms. The third-order valence-corrected chi connectivity index (χ3v) is 4.69. The number of fused-ring (bicyclic) bond motifs is 2. The second kappa shape index (κ2) is 5.25. The summed E-state index contributed by atoms with van der Waals surface area (Å²) in [5, 5.41) is 11.8. The van der Waals surface area contributed by atoms with Crippen molar-refractivity contribution in [3.63, 3.8) is 0 Å². The number of amidine groups is 1. The minimum Gasteiger partial charge on any atom is -0.363 e. The number of hydrogen-bond donors (Lipinski definition) is 1. The zero-order valence-corrected chi connectivity index (χ0v) is 12.6. The van der Waals surface area contributed by atoms with Gasteiger partial charge < -0.3 is 10.0 Å². The predicted molar refractivity (Wildman–Crippen MR) is 88.2 cm³/mol. The molecule has 2 heterocycles. The van der Waals surface area contributed by atoms with E-state index in [4.69, 9.17) is 4.99 Å². The Balaban J connectivity index is 1.95. The smallest absolute Gasteiger partial charge is 0.194 e. The van der Waals surface area contributed by atoms with Crippen LogP contribution in [0.2, 0.25) is 0 Å². The summed E-state index contributed by atoms with van der Waals surface area (Å²) in [6.45, 7) is 0.846. The van der Waals surface area contributed by atoms with Crippen LogP contribution >= 0.6 is 0 Å². The van der Waals surface area contributed by atoms with Crippen molar-refractivity contribution < 1.29 is 5.11 Å². The van der Waals surface area contributed by atoms with Gasteiger partial charge in [-0.15, -0.1) is 0 Å². The normalized spacial score (nSPS) is 24.0. The summed E-state index contributed by atoms with van der Waals surface area (Å²) >= 11 is 0. The van der Waals surface area contributed by atoms with Crippen LogP contribution in [0.4, 0.5) is 5.69 Å². The standard InChI is InChI=1S/C19H20N2O/c22-19(15-9-3-1-4-10-15)16-11-6-7-12-17(16)20-18-13-5-2-8-14-21(18)19/h1,3-4,6-7,9-12,22H,2,5,8,13-14H2/t19-/m0/s1. The van der Waals surface area contributed by atoms with Gasteiger partial charge in [-0.25, -0.2) is 4.99 Å². The Morgan fingerprint density at radius 3 is 2.55 bits per heavy atom. The molecule has 4 rings (SSSR count). The Labute approximate surface area is 130 Å². The molecule has 0 saturated carbocycles. The highest BCUT2D eigenvalue weighted by Gasteiger charge is 2.44. The van der Waals surface area contributed by atoms with Crippen molar-refractivity contribution in [3.05, 3.63) is 65.7 Å². The third kappa shape index (κ3) is 1.97. The molecule has 1 fully saturated rings. The summed E-state index contributed by atoms with van der Waals surface area (Å²) in [6, 6.07) is 17.9. The maximum atomic E-state index is 11.8. The monoisotopic (exact) mass is 292 g/mol. The first kappa shape index (κ1) is 13.5. The number of aliphatic imine (C=N–C) groups is 1. The van der Waals surface area contributed by atoms with E-state index in [9.17, 15) is 5.11 Å². The summed E-state index contributed by atoms with van der Waals surface area (Å²) in [5.74, 6) is 1.02. The molecule has 0 unspecified atom stereocenters. The van der Waals surface area contributed by atoms with E-state index in [1.165, 1.54) is 6.42 Å². The lowest BCUT2D eigenvalue weighted by Gasteiger charge is -2.45. The molecule has 0 aliphatic carbocycles. The second-order valence-electron chi connectivity index (χ2n) is 6.05. The maximum absolute atomic E-state index is 11.8. The molecule has 0 aromatic heterocycles. The van der Waals surface area contributed by atoms with Crippen molar-refractivity contribution in [1.82, 2.24) is 4.90 Å². The van der Waals surface area contributed by atoms with Gasteiger partial charge >= 0.3 is 0 Å². The topological polar surface area (TPSA) is 35.8 Å². The van der Waals surface area contributed by atoms with Gasteiger partial charge in [0.1, 0.15) is 5.84 Å². The largest absolute Gasteiger partial charge is 0.363 e. The Morgan fingerprint density at radius 1 is 0.909 bits per heavy atom. The molecule has 3 heteroatoms. The lowest BCUT2D eigenvalue weighted by atomic mass is 9.89. The number of hydrogen-bond acceptors (Lipinski definition) is 3. The fourth-order valence-corrected chi connectivity index (χ4v) is 3.59. The zero-order valence-electron chi connectivity index (χ0n) is 12.6. The van der Waals surface area contributed by atoms with Gasteiger partial charge in [-0.1, -0.05) is 55.0 Å². The van der Waals surface area contributed by atoms with Crippen LogP contribution in [0.25, 0.3) is 0 Å². The molecule has 2 aromatic rings. The highest BCUT2D eigenvalue weighted by atomic mass is 16.3. The van der Waals surface area contributed by atoms with Crippen molar-refractivity contribution >= 4 is 11.5 Å². The van der Waals surface area contributed by atoms with Crippen LogP contribution < -0.4 is 0 Å². The quantitative estimate of drug-likeness (QED) is 0.868. The summed E-state index contributed by atoms with van der Waals surface area (Å²) < 4.78 is 0. The molecule has 3 nitrogen and oxygen atoms in total. The molecule has 1 atom stereocenters. The van der Waals surface area contributed by atoms with Gasteiger partial charge in [0.2, 0.25) is 0 Å². The Morgan fingerprint density at radius 2 is 1.68 bits per heavy atom. The van der Waals surface area contributed by atoms with Crippen LogP contribution in [0.1, 0.15) is 36.8 Å². The minimum absolute atomic E-state index is 0.846. The van der Waals surface area contributed by atoms with E-state index in [0.29, 0.717) is 0 Å². The van der Waals surface area contributed by atoms with E-state index < -0.39 is 5.72 Å². The van der Waals surface area contributed by atoms with E-state index in [1.807, 2.05) is 54.6 Å². The number of rotatable bonds is 1. The average Bonchev–Trinajstić information content (AvgIpc) is 2.82. The third-order valence-electron chi connectivity index (χ3n) is 4.69. The van der Waals surface area contributed by atoms with E-state index in [2.05, 4.69) is 4.90 Å². The Hall–Kier alpha value is -2.13. The van der Waals surface area contributed by atoms with Crippen LogP contribution in [-0.4, -0.2) is 22.4 Å². The van der Waals surface area contributed by atoms with Crippen molar-refractivity contribution in [3.8, 4) is 0 Å². The molecular weight excluding hydrogens is 272 g/mol. The second-order valence-corrected chi connectivity index (χ2v) is 6.05. The lowest BCUT2D eigenvalue weighted by molar-refractivity contribution is -0.0401. The molecule has 22 heavy (non-hydrogen) atoms. The molecule has 0 amide bonds. The first-order valence-electron chi connectivity index (χ1n) is 8.03. The van der Waals surface area contributed by atoms with E-state index in [0.717, 1.165) is 48.5 Å². The van der Waals surface area contributed by atoms with E-state index >= 15 is 0 Å². The Bertz CT molecular complexity index is 710. The fraction of sp³-hybridized carbons (Fsp3) is 0.316. The van der Waals surface area contributed by atoms with Crippen LogP contribution in [-0.2, 0) is 5.72 Å². The summed E-state index contributed by atoms with van der Waals surface area (Å²) in [6.07, 6.45) is 4.36. The van der Waals surface area contributed by atoms with Gasteiger partial charge in [-0.2, -0.15) is 0 Å². The molecule has 2 aliphatic heterocycles. The first-order valence-corrected chi connectivity index (χ1v) is 8.03. The van der Waals surface area contributed by atoms with Crippen LogP contribution in [0.15, 0.2) is 59.6 Å². The van der Waals surface area contributed by atoms with Gasteiger partial charge in [0, 0.05) is 24.1 Å². The maximum Gasteiger partial charge on any atom is 0.194 e. The molecule has 0 bridgehead atoms. The molecular formula is C19H20N2O. The van der Waals surface area contributed by atoms with Gasteiger partial charge in [0.15, 0.2) is 5.72 Å². The predicted octanol–water partition coefficient (Wildman–Crippen LogP) is 3.80. The van der Waals surface area contributed by atoms with E-state index in [-0.39, 0.29) is 0 Å². The van der Waals surface area contributed by atoms with Crippen molar-refractivity contribution in [2.75, 3.05) is 6.54 Å². The molecule has 1 N–H and O–H groups in total. The van der Waals surface area contributed by atoms with Crippen molar-refractivity contribution in [1.29, 1.82) is 0 Å². The van der Waals surface area contributed by atoms with Crippen molar-refractivity contribution in [2.45, 2.75) is 31.4 Å². The van der Waals surface area contributed by atoms with Gasteiger partial charge in [0.05, 0.1) is 5.69 Å². The van der Waals surface area contributed by atoms with Crippen LogP contribution in [0.3, 0.4) is 0 Å². The molecule has 112 valence electrons. The van der Waals surface area contributed by atoms with E-state index in [1.54, 1.807) is 0 Å². The summed E-state index contributed by atoms with van der Waals surface area (Å²) in [7, 11) is 0. The lowest BCUT2D eigenvalue weighted by Crippen LogP contribution is -2.52. The first-order chi connectivity index (χ1) is 10.8. The highest BCUT2D eigenvalue weighted by molar-refractivity contribution is 5.89. The van der Waals surface area contributed by atoms with Gasteiger partial charge in [-0.3, -0.25) is 0 Å². The SMILES string of the molecule is O[C@@]1(c2ccccc2)c2ccccc2N=C2CCCCCN21. The summed E-state index contributed by atoms with van der Waals surface area (Å²) in [4.78, 5) is 6.94. The molecule has 1 saturated heterocycles. The van der Waals surface area contributed by atoms with Gasteiger partial charge in [0.25, 0.3) is 0 Å². The number of para-hydroxylation sites is 1. The van der Waals surface area contributed by atoms with Crippen molar-refractivity contribution in [2.24, 2.45) is 4.99 Å². The van der Waals surface area contributed by atoms with Gasteiger partial charge in [-0.05, 0) is 18.9 Å². The number of benzene rings is 2. The minimum atomic E-state index is -1.11. The fourth-order valence-electron chi connectivity index (χ4n) is 3.59. The molecule has 0 radical (unpaired) electrons. The molecule has 2 aliphatic rings. The number of nitrogens with zero attached hydrogens (tertiary/aromatic N) is 2. The highest BCUT2D eigenvalue weighted by Crippen LogP contribution is 2.43. The Kier molecular flexibility index (Phi) is 3.23. The zero-order chi connectivity index (χ0) is 15.0. The van der Waals surface area contributed by atoms with Crippen LogP contribution in [0.5, 0.6) is 0 Å². The van der Waals surface area contributed by atoms with Crippen LogP contribution in [0, 0.1) is 0 Å². The summed E-state index contributed by atoms with van der Waals surface area (Å²) in [5.41, 5.74) is 1.57. The average molecular weight is 292 g/mol.